The van der Waals surface area contributed by atoms with Gasteiger partial charge in [0.05, 0.1) is 0 Å². The first-order valence-electron chi connectivity index (χ1n) is 5.27. The number of aromatic nitrogens is 3. The summed E-state index contributed by atoms with van der Waals surface area (Å²) in [6, 6.07) is -0.255. The van der Waals surface area contributed by atoms with Crippen LogP contribution in [0.4, 0.5) is 0 Å². The molecular formula is C10H9ClN4O2. The van der Waals surface area contributed by atoms with Gasteiger partial charge in [0.2, 0.25) is 0 Å². The minimum atomic E-state index is -0.374. The van der Waals surface area contributed by atoms with E-state index >= 15 is 0 Å². The molecule has 2 unspecified atom stereocenters. The van der Waals surface area contributed by atoms with Gasteiger partial charge < -0.3 is 5.32 Å². The highest BCUT2D eigenvalue weighted by Crippen LogP contribution is 2.30. The lowest BCUT2D eigenvalue weighted by Gasteiger charge is -2.26. The average molecular weight is 253 g/mol. The van der Waals surface area contributed by atoms with Crippen molar-refractivity contribution in [1.29, 1.82) is 0 Å². The molecule has 1 aromatic rings. The topological polar surface area (TPSA) is 87.7 Å². The van der Waals surface area contributed by atoms with Crippen molar-refractivity contribution in [1.82, 2.24) is 20.7 Å². The number of ketones is 1. The molecule has 7 heteroatoms. The summed E-state index contributed by atoms with van der Waals surface area (Å²) in [6.45, 7) is 0. The van der Waals surface area contributed by atoms with E-state index in [4.69, 9.17) is 11.6 Å². The summed E-state index contributed by atoms with van der Waals surface area (Å²) in [7, 11) is 0. The highest BCUT2D eigenvalue weighted by Gasteiger charge is 2.39. The molecular weight excluding hydrogens is 244 g/mol. The average Bonchev–Trinajstić information content (AvgIpc) is 2.74. The maximum absolute atomic E-state index is 12.2. The smallest absolute Gasteiger partial charge is 0.274 e. The number of aromatic amines is 1. The number of nitrogens with one attached hydrogen (secondary N) is 2. The Balaban J connectivity index is 2.05. The van der Waals surface area contributed by atoms with Crippen LogP contribution >= 0.6 is 11.6 Å². The molecule has 2 heterocycles. The first-order valence-corrected chi connectivity index (χ1v) is 5.65. The zero-order valence-corrected chi connectivity index (χ0v) is 9.49. The van der Waals surface area contributed by atoms with Crippen LogP contribution in [0.5, 0.6) is 0 Å². The van der Waals surface area contributed by atoms with Crippen LogP contribution in [0.15, 0.2) is 11.1 Å². The second kappa shape index (κ2) is 3.66. The third kappa shape index (κ3) is 1.56. The quantitative estimate of drug-likeness (QED) is 0.709. The van der Waals surface area contributed by atoms with Gasteiger partial charge >= 0.3 is 0 Å². The second-order valence-electron chi connectivity index (χ2n) is 4.18. The van der Waals surface area contributed by atoms with Crippen LogP contribution in [0, 0.1) is 5.92 Å². The van der Waals surface area contributed by atoms with E-state index < -0.39 is 0 Å². The fraction of sp³-hybridized carbons (Fsp3) is 0.400. The largest absolute Gasteiger partial charge is 0.347 e. The minimum absolute atomic E-state index is 0.0699. The Morgan fingerprint density at radius 2 is 2.24 bits per heavy atom. The Morgan fingerprint density at radius 3 is 3.06 bits per heavy atom. The fourth-order valence-corrected chi connectivity index (χ4v) is 2.53. The molecule has 0 aromatic carbocycles. The Bertz CT molecular complexity index is 536. The Hall–Kier alpha value is -1.69. The molecule has 0 spiro atoms. The van der Waals surface area contributed by atoms with Crippen molar-refractivity contribution in [3.8, 4) is 0 Å². The number of nitrogens with zero attached hydrogens (tertiary/aromatic N) is 2. The van der Waals surface area contributed by atoms with E-state index in [-0.39, 0.29) is 35.0 Å². The molecule has 0 fully saturated rings. The zero-order chi connectivity index (χ0) is 12.0. The van der Waals surface area contributed by atoms with Crippen LogP contribution in [-0.4, -0.2) is 33.1 Å². The number of hydrogen-bond donors (Lipinski definition) is 2. The number of amides is 1. The molecule has 1 aliphatic heterocycles. The molecule has 2 N–H and O–H groups in total. The SMILES string of the molecule is O=C1NC2CC(Cl)=CCC2C(=O)c2[nH]nnc21. The van der Waals surface area contributed by atoms with Crippen molar-refractivity contribution in [2.45, 2.75) is 18.9 Å². The summed E-state index contributed by atoms with van der Waals surface area (Å²) in [5.74, 6) is -0.792. The van der Waals surface area contributed by atoms with Crippen LogP contribution in [-0.2, 0) is 0 Å². The number of allylic oxidation sites excluding steroid dienone is 1. The number of hydrogen-bond acceptors (Lipinski definition) is 4. The molecule has 0 saturated carbocycles. The van der Waals surface area contributed by atoms with Crippen molar-refractivity contribution in [3.63, 3.8) is 0 Å². The van der Waals surface area contributed by atoms with Crippen LogP contribution in [0.3, 0.4) is 0 Å². The van der Waals surface area contributed by atoms with Crippen molar-refractivity contribution < 1.29 is 9.59 Å². The number of carbonyl (C=O) groups excluding carboxylic acids is 2. The number of rotatable bonds is 0. The normalized spacial score (nSPS) is 27.7. The Morgan fingerprint density at radius 1 is 1.41 bits per heavy atom. The highest BCUT2D eigenvalue weighted by atomic mass is 35.5. The van der Waals surface area contributed by atoms with E-state index in [2.05, 4.69) is 20.7 Å². The van der Waals surface area contributed by atoms with Gasteiger partial charge in [-0.2, -0.15) is 0 Å². The zero-order valence-electron chi connectivity index (χ0n) is 8.74. The number of halogens is 1. The summed E-state index contributed by atoms with van der Waals surface area (Å²) in [5.41, 5.74) is 0.266. The molecule has 2 aliphatic rings. The second-order valence-corrected chi connectivity index (χ2v) is 4.66. The third-order valence-electron chi connectivity index (χ3n) is 3.16. The maximum Gasteiger partial charge on any atom is 0.274 e. The van der Waals surface area contributed by atoms with Crippen molar-refractivity contribution in [2.75, 3.05) is 0 Å². The minimum Gasteiger partial charge on any atom is -0.347 e. The van der Waals surface area contributed by atoms with Gasteiger partial charge in [-0.05, 0) is 6.42 Å². The summed E-state index contributed by atoms with van der Waals surface area (Å²) < 4.78 is 0. The summed E-state index contributed by atoms with van der Waals surface area (Å²) in [5, 5.41) is 13.1. The predicted molar refractivity (Wildman–Crippen MR) is 58.6 cm³/mol. The van der Waals surface area contributed by atoms with Gasteiger partial charge in [0.1, 0.15) is 5.69 Å². The number of fused-ring (bicyclic) bond motifs is 2. The molecule has 0 radical (unpaired) electrons. The number of Topliss-reactive ketones (excluding diaryl/α,β-unsaturated/α-hetero) is 1. The van der Waals surface area contributed by atoms with Gasteiger partial charge in [-0.1, -0.05) is 22.9 Å². The molecule has 0 bridgehead atoms. The molecule has 0 saturated heterocycles. The van der Waals surface area contributed by atoms with Crippen molar-refractivity contribution in [3.05, 3.63) is 22.5 Å². The van der Waals surface area contributed by atoms with Crippen LogP contribution in [0.2, 0.25) is 0 Å². The van der Waals surface area contributed by atoms with Gasteiger partial charge in [0, 0.05) is 23.4 Å². The Labute approximate surface area is 101 Å². The highest BCUT2D eigenvalue weighted by molar-refractivity contribution is 6.29. The van der Waals surface area contributed by atoms with Crippen molar-refractivity contribution >= 4 is 23.3 Å². The first-order chi connectivity index (χ1) is 8.16. The lowest BCUT2D eigenvalue weighted by Crippen LogP contribution is -2.42. The van der Waals surface area contributed by atoms with E-state index in [1.54, 1.807) is 0 Å². The first kappa shape index (κ1) is 10.5. The van der Waals surface area contributed by atoms with Crippen LogP contribution in [0.25, 0.3) is 0 Å². The molecule has 88 valence electrons. The molecule has 6 nitrogen and oxygen atoms in total. The Kier molecular flexibility index (Phi) is 2.25. The van der Waals surface area contributed by atoms with E-state index in [1.807, 2.05) is 6.08 Å². The van der Waals surface area contributed by atoms with Crippen LogP contribution in [0.1, 0.15) is 33.8 Å². The maximum atomic E-state index is 12.2. The molecule has 17 heavy (non-hydrogen) atoms. The fourth-order valence-electron chi connectivity index (χ4n) is 2.28. The van der Waals surface area contributed by atoms with Gasteiger partial charge in [-0.15, -0.1) is 5.10 Å². The number of carbonyl (C=O) groups is 2. The molecule has 2 atom stereocenters. The van der Waals surface area contributed by atoms with Crippen LogP contribution < -0.4 is 5.32 Å². The van der Waals surface area contributed by atoms with E-state index in [0.717, 1.165) is 0 Å². The predicted octanol–water partition coefficient (Wildman–Crippen LogP) is 0.632. The standard InChI is InChI=1S/C10H9ClN4O2/c11-4-1-2-5-6(3-4)12-10(17)8-7(9(5)16)13-15-14-8/h1,5-6H,2-3H2,(H,12,17)(H,13,14,15). The van der Waals surface area contributed by atoms with Gasteiger partial charge in [-0.25, -0.2) is 0 Å². The van der Waals surface area contributed by atoms with E-state index in [1.165, 1.54) is 0 Å². The lowest BCUT2D eigenvalue weighted by molar-refractivity contribution is 0.0868. The molecule has 3 rings (SSSR count). The number of H-pyrrole nitrogens is 1. The molecule has 1 amide bonds. The summed E-state index contributed by atoms with van der Waals surface area (Å²) in [6.07, 6.45) is 2.84. The van der Waals surface area contributed by atoms with Gasteiger partial charge in [-0.3, -0.25) is 14.7 Å². The van der Waals surface area contributed by atoms with E-state index in [0.29, 0.717) is 17.9 Å². The summed E-state index contributed by atoms with van der Waals surface area (Å²) >= 11 is 5.93. The third-order valence-corrected chi connectivity index (χ3v) is 3.47. The van der Waals surface area contributed by atoms with Gasteiger partial charge in [0.25, 0.3) is 5.91 Å². The molecule has 1 aromatic heterocycles. The molecule has 1 aliphatic carbocycles. The summed E-state index contributed by atoms with van der Waals surface area (Å²) in [4.78, 5) is 24.0. The van der Waals surface area contributed by atoms with E-state index in [9.17, 15) is 9.59 Å². The lowest BCUT2D eigenvalue weighted by atomic mass is 9.85. The van der Waals surface area contributed by atoms with Crippen molar-refractivity contribution in [2.24, 2.45) is 5.92 Å². The monoisotopic (exact) mass is 252 g/mol. The van der Waals surface area contributed by atoms with Gasteiger partial charge in [0.15, 0.2) is 11.5 Å².